The van der Waals surface area contributed by atoms with Gasteiger partial charge in [0.1, 0.15) is 5.58 Å². The van der Waals surface area contributed by atoms with Crippen molar-refractivity contribution in [3.8, 4) is 11.1 Å². The van der Waals surface area contributed by atoms with Crippen molar-refractivity contribution in [2.45, 2.75) is 4.90 Å². The molecule has 1 aromatic carbocycles. The fourth-order valence-electron chi connectivity index (χ4n) is 2.23. The second-order valence-corrected chi connectivity index (χ2v) is 7.01. The van der Waals surface area contributed by atoms with Gasteiger partial charge in [0, 0.05) is 33.9 Å². The van der Waals surface area contributed by atoms with Crippen molar-refractivity contribution in [1.29, 1.82) is 0 Å². The van der Waals surface area contributed by atoms with E-state index in [1.54, 1.807) is 24.5 Å². The third-order valence-electron chi connectivity index (χ3n) is 3.37. The zero-order valence-corrected chi connectivity index (χ0v) is 13.5. The summed E-state index contributed by atoms with van der Waals surface area (Å²) in [5, 5.41) is 0.896. The molecule has 0 unspecified atom stereocenters. The number of hydrogen-bond acceptors (Lipinski definition) is 5. The van der Waals surface area contributed by atoms with Crippen molar-refractivity contribution in [3.05, 3.63) is 47.4 Å². The third kappa shape index (κ3) is 2.74. The first kappa shape index (κ1) is 15.7. The molecule has 0 atom stereocenters. The molecule has 0 spiro atoms. The first-order valence-electron chi connectivity index (χ1n) is 6.52. The first-order valence-corrected chi connectivity index (χ1v) is 8.38. The van der Waals surface area contributed by atoms with Gasteiger partial charge in [0.15, 0.2) is 12.0 Å². The highest BCUT2D eigenvalue weighted by Crippen LogP contribution is 2.35. The van der Waals surface area contributed by atoms with Gasteiger partial charge in [-0.05, 0) is 25.2 Å². The Hall–Kier alpha value is -2.22. The Morgan fingerprint density at radius 3 is 2.65 bits per heavy atom. The maximum Gasteiger partial charge on any atom is 0.240 e. The van der Waals surface area contributed by atoms with Gasteiger partial charge in [-0.1, -0.05) is 17.7 Å². The molecule has 3 rings (SSSR count). The van der Waals surface area contributed by atoms with E-state index in [1.165, 1.54) is 19.2 Å². The minimum atomic E-state index is -3.58. The van der Waals surface area contributed by atoms with E-state index in [1.807, 2.05) is 0 Å². The van der Waals surface area contributed by atoms with Crippen LogP contribution in [0, 0.1) is 0 Å². The fourth-order valence-corrected chi connectivity index (χ4v) is 3.33. The van der Waals surface area contributed by atoms with Crippen LogP contribution in [0.5, 0.6) is 0 Å². The molecule has 2 aromatic heterocycles. The molecular weight excluding hydrogens is 340 g/mol. The predicted octanol–water partition coefficient (Wildman–Crippen LogP) is 2.87. The average Bonchev–Trinajstić information content (AvgIpc) is 2.98. The minimum Gasteiger partial charge on any atom is -0.452 e. The lowest BCUT2D eigenvalue weighted by Crippen LogP contribution is -2.18. The molecule has 1 N–H and O–H groups in total. The van der Waals surface area contributed by atoms with Crippen LogP contribution < -0.4 is 4.72 Å². The molecule has 8 heteroatoms. The summed E-state index contributed by atoms with van der Waals surface area (Å²) in [6.07, 6.45) is 3.73. The SMILES string of the molecule is CNS(=O)(=O)c1ccc(-c2cncc3cc(C=O)oc23)c(Cl)c1. The smallest absolute Gasteiger partial charge is 0.240 e. The van der Waals surface area contributed by atoms with Crippen LogP contribution in [0.2, 0.25) is 5.02 Å². The monoisotopic (exact) mass is 350 g/mol. The van der Waals surface area contributed by atoms with Crippen molar-refractivity contribution < 1.29 is 17.6 Å². The van der Waals surface area contributed by atoms with Gasteiger partial charge < -0.3 is 4.42 Å². The Balaban J connectivity index is 2.20. The summed E-state index contributed by atoms with van der Waals surface area (Å²) in [6.45, 7) is 0. The van der Waals surface area contributed by atoms with Gasteiger partial charge in [-0.25, -0.2) is 13.1 Å². The summed E-state index contributed by atoms with van der Waals surface area (Å²) < 4.78 is 31.3. The van der Waals surface area contributed by atoms with Gasteiger partial charge in [-0.2, -0.15) is 0 Å². The van der Waals surface area contributed by atoms with Gasteiger partial charge in [-0.3, -0.25) is 9.78 Å². The fraction of sp³-hybridized carbons (Fsp3) is 0.0667. The Kier molecular flexibility index (Phi) is 3.93. The van der Waals surface area contributed by atoms with Gasteiger partial charge in [0.05, 0.1) is 4.90 Å². The summed E-state index contributed by atoms with van der Waals surface area (Å²) in [5.74, 6) is 0.180. The molecule has 2 heterocycles. The number of halogens is 1. The van der Waals surface area contributed by atoms with E-state index >= 15 is 0 Å². The van der Waals surface area contributed by atoms with Gasteiger partial charge >= 0.3 is 0 Å². The number of furan rings is 1. The van der Waals surface area contributed by atoms with E-state index in [4.69, 9.17) is 16.0 Å². The number of fused-ring (bicyclic) bond motifs is 1. The Bertz CT molecular complexity index is 1010. The largest absolute Gasteiger partial charge is 0.452 e. The van der Waals surface area contributed by atoms with Crippen molar-refractivity contribution in [1.82, 2.24) is 9.71 Å². The van der Waals surface area contributed by atoms with E-state index in [-0.39, 0.29) is 15.7 Å². The quantitative estimate of drug-likeness (QED) is 0.731. The lowest BCUT2D eigenvalue weighted by atomic mass is 10.1. The molecule has 0 saturated carbocycles. The molecule has 3 aromatic rings. The van der Waals surface area contributed by atoms with Crippen LogP contribution in [0.4, 0.5) is 0 Å². The second kappa shape index (κ2) is 5.77. The lowest BCUT2D eigenvalue weighted by Gasteiger charge is -2.08. The van der Waals surface area contributed by atoms with Gasteiger partial charge in [-0.15, -0.1) is 0 Å². The standard InChI is InChI=1S/C15H11ClN2O4S/c1-17-23(20,21)11-2-3-12(14(16)5-11)13-7-18-6-9-4-10(8-19)22-15(9)13/h2-8,17H,1H3. The predicted molar refractivity (Wildman–Crippen MR) is 86.1 cm³/mol. The van der Waals surface area contributed by atoms with Gasteiger partial charge in [0.25, 0.3) is 0 Å². The zero-order valence-electron chi connectivity index (χ0n) is 11.9. The summed E-state index contributed by atoms with van der Waals surface area (Å²) in [7, 11) is -2.26. The maximum atomic E-state index is 11.8. The van der Waals surface area contributed by atoms with E-state index < -0.39 is 10.0 Å². The molecule has 0 fully saturated rings. The van der Waals surface area contributed by atoms with Crippen LogP contribution >= 0.6 is 11.6 Å². The number of benzene rings is 1. The van der Waals surface area contributed by atoms with Crippen molar-refractivity contribution in [2.75, 3.05) is 7.05 Å². The van der Waals surface area contributed by atoms with Gasteiger partial charge in [0.2, 0.25) is 10.0 Å². The van der Waals surface area contributed by atoms with Crippen LogP contribution in [-0.2, 0) is 10.0 Å². The van der Waals surface area contributed by atoms with Crippen molar-refractivity contribution >= 4 is 38.9 Å². The Morgan fingerprint density at radius 2 is 2.00 bits per heavy atom. The molecule has 0 aliphatic carbocycles. The summed E-state index contributed by atoms with van der Waals surface area (Å²) in [5.41, 5.74) is 1.61. The molecule has 0 aliphatic heterocycles. The first-order chi connectivity index (χ1) is 11.0. The van der Waals surface area contributed by atoms with E-state index in [0.717, 1.165) is 0 Å². The molecule has 23 heavy (non-hydrogen) atoms. The number of nitrogens with one attached hydrogen (secondary N) is 1. The molecule has 0 radical (unpaired) electrons. The van der Waals surface area contributed by atoms with E-state index in [9.17, 15) is 13.2 Å². The topological polar surface area (TPSA) is 89.3 Å². The van der Waals surface area contributed by atoms with Crippen LogP contribution in [0.1, 0.15) is 10.6 Å². The Labute approximate surface area is 137 Å². The number of carbonyl (C=O) groups excluding carboxylic acids is 1. The highest BCUT2D eigenvalue weighted by molar-refractivity contribution is 7.89. The highest BCUT2D eigenvalue weighted by atomic mass is 35.5. The molecule has 0 saturated heterocycles. The van der Waals surface area contributed by atoms with E-state index in [2.05, 4.69) is 9.71 Å². The number of nitrogens with zero attached hydrogens (tertiary/aromatic N) is 1. The third-order valence-corrected chi connectivity index (χ3v) is 5.09. The number of carbonyl (C=O) groups is 1. The van der Waals surface area contributed by atoms with Crippen LogP contribution in [0.25, 0.3) is 22.1 Å². The summed E-state index contributed by atoms with van der Waals surface area (Å²) >= 11 is 6.24. The molecule has 118 valence electrons. The number of pyridine rings is 1. The molecular formula is C15H11ClN2O4S. The number of sulfonamides is 1. The highest BCUT2D eigenvalue weighted by Gasteiger charge is 2.17. The minimum absolute atomic E-state index is 0.0573. The number of aromatic nitrogens is 1. The lowest BCUT2D eigenvalue weighted by molar-refractivity contribution is 0.110. The van der Waals surface area contributed by atoms with E-state index in [0.29, 0.717) is 28.4 Å². The number of aldehydes is 1. The second-order valence-electron chi connectivity index (χ2n) is 4.72. The number of rotatable bonds is 4. The Morgan fingerprint density at radius 1 is 1.22 bits per heavy atom. The summed E-state index contributed by atoms with van der Waals surface area (Å²) in [4.78, 5) is 15.0. The van der Waals surface area contributed by atoms with Crippen molar-refractivity contribution in [3.63, 3.8) is 0 Å². The molecule has 6 nitrogen and oxygen atoms in total. The van der Waals surface area contributed by atoms with Crippen LogP contribution in [0.3, 0.4) is 0 Å². The molecule has 0 amide bonds. The van der Waals surface area contributed by atoms with Crippen LogP contribution in [-0.4, -0.2) is 26.7 Å². The summed E-state index contributed by atoms with van der Waals surface area (Å²) in [6, 6.07) is 5.94. The average molecular weight is 351 g/mol. The molecule has 0 aliphatic rings. The van der Waals surface area contributed by atoms with Crippen LogP contribution in [0.15, 0.2) is 46.0 Å². The van der Waals surface area contributed by atoms with Crippen molar-refractivity contribution in [2.24, 2.45) is 0 Å². The number of hydrogen-bond donors (Lipinski definition) is 1. The zero-order chi connectivity index (χ0) is 16.6. The normalized spacial score (nSPS) is 11.7. The molecule has 0 bridgehead atoms. The maximum absolute atomic E-state index is 11.8.